The van der Waals surface area contributed by atoms with Crippen molar-refractivity contribution in [2.24, 2.45) is 5.73 Å². The van der Waals surface area contributed by atoms with Gasteiger partial charge in [-0.15, -0.1) is 11.3 Å². The van der Waals surface area contributed by atoms with E-state index in [0.717, 1.165) is 41.2 Å². The van der Waals surface area contributed by atoms with Gasteiger partial charge in [0.15, 0.2) is 0 Å². The van der Waals surface area contributed by atoms with E-state index in [-0.39, 0.29) is 17.9 Å². The molecule has 29 heavy (non-hydrogen) atoms. The van der Waals surface area contributed by atoms with Crippen LogP contribution in [0.25, 0.3) is 10.6 Å². The van der Waals surface area contributed by atoms with Gasteiger partial charge in [-0.1, -0.05) is 48.5 Å². The second-order valence-corrected chi connectivity index (χ2v) is 8.07. The molecule has 0 saturated carbocycles. The number of primary amides is 1. The van der Waals surface area contributed by atoms with Gasteiger partial charge in [-0.2, -0.15) is 0 Å². The molecule has 1 aromatic heterocycles. The number of hydrogen-bond acceptors (Lipinski definition) is 5. The Balaban J connectivity index is 1.49. The summed E-state index contributed by atoms with van der Waals surface area (Å²) in [6.07, 6.45) is 3.34. The van der Waals surface area contributed by atoms with Gasteiger partial charge < -0.3 is 11.1 Å². The summed E-state index contributed by atoms with van der Waals surface area (Å²) < 4.78 is 0. The summed E-state index contributed by atoms with van der Waals surface area (Å²) in [4.78, 5) is 31.5. The Hall–Kier alpha value is -3.03. The highest BCUT2D eigenvalue weighted by atomic mass is 32.1. The average molecular weight is 407 g/mol. The molecule has 4 rings (SSSR count). The maximum atomic E-state index is 12.8. The fourth-order valence-corrected chi connectivity index (χ4v) is 4.43. The zero-order valence-electron chi connectivity index (χ0n) is 15.9. The summed E-state index contributed by atoms with van der Waals surface area (Å²) in [5, 5.41) is 3.81. The van der Waals surface area contributed by atoms with Crippen LogP contribution in [0.3, 0.4) is 0 Å². The SMILES string of the molecule is NC(=O)C1CCCN1Cc1ccccc1NC(=O)c1cnc(-c2ccccc2)s1. The van der Waals surface area contributed by atoms with Gasteiger partial charge in [0.25, 0.3) is 5.91 Å². The van der Waals surface area contributed by atoms with E-state index in [1.165, 1.54) is 11.3 Å². The molecule has 1 fully saturated rings. The lowest BCUT2D eigenvalue weighted by atomic mass is 10.1. The number of likely N-dealkylation sites (tertiary alicyclic amines) is 1. The zero-order valence-corrected chi connectivity index (χ0v) is 16.7. The number of nitrogens with zero attached hydrogens (tertiary/aromatic N) is 2. The predicted molar refractivity (Wildman–Crippen MR) is 115 cm³/mol. The van der Waals surface area contributed by atoms with E-state index in [1.807, 2.05) is 54.6 Å². The van der Waals surface area contributed by atoms with E-state index in [1.54, 1.807) is 6.20 Å². The number of thiazole rings is 1. The third kappa shape index (κ3) is 4.36. The predicted octanol–water partition coefficient (Wildman–Crippen LogP) is 3.51. The standard InChI is InChI=1S/C22H22N4O2S/c23-20(27)18-11-6-12-26(18)14-16-9-4-5-10-17(16)25-21(28)19-13-24-22(29-19)15-7-2-1-3-8-15/h1-5,7-10,13,18H,6,11-12,14H2,(H2,23,27)(H,25,28). The first-order valence-corrected chi connectivity index (χ1v) is 10.4. The second-order valence-electron chi connectivity index (χ2n) is 7.04. The molecular formula is C22H22N4O2S. The number of anilines is 1. The number of nitrogens with two attached hydrogens (primary N) is 1. The molecule has 0 aliphatic carbocycles. The minimum absolute atomic E-state index is 0.190. The minimum Gasteiger partial charge on any atom is -0.368 e. The molecule has 1 aliphatic heterocycles. The molecule has 1 atom stereocenters. The van der Waals surface area contributed by atoms with Crippen molar-refractivity contribution < 1.29 is 9.59 Å². The second kappa shape index (κ2) is 8.55. The van der Waals surface area contributed by atoms with Crippen molar-refractivity contribution in [1.82, 2.24) is 9.88 Å². The number of para-hydroxylation sites is 1. The van der Waals surface area contributed by atoms with Crippen LogP contribution in [0.1, 0.15) is 28.1 Å². The van der Waals surface area contributed by atoms with E-state index in [2.05, 4.69) is 15.2 Å². The summed E-state index contributed by atoms with van der Waals surface area (Å²) in [6.45, 7) is 1.40. The third-order valence-electron chi connectivity index (χ3n) is 5.08. The van der Waals surface area contributed by atoms with Crippen LogP contribution in [-0.4, -0.2) is 34.3 Å². The lowest BCUT2D eigenvalue weighted by Gasteiger charge is -2.23. The molecule has 3 aromatic rings. The van der Waals surface area contributed by atoms with Crippen LogP contribution in [-0.2, 0) is 11.3 Å². The van der Waals surface area contributed by atoms with Crippen molar-refractivity contribution in [2.75, 3.05) is 11.9 Å². The van der Waals surface area contributed by atoms with Crippen molar-refractivity contribution in [2.45, 2.75) is 25.4 Å². The Morgan fingerprint density at radius 1 is 1.14 bits per heavy atom. The average Bonchev–Trinajstić information content (AvgIpc) is 3.40. The van der Waals surface area contributed by atoms with E-state index >= 15 is 0 Å². The number of rotatable bonds is 6. The largest absolute Gasteiger partial charge is 0.368 e. The smallest absolute Gasteiger partial charge is 0.267 e. The number of hydrogen-bond donors (Lipinski definition) is 2. The van der Waals surface area contributed by atoms with Crippen LogP contribution >= 0.6 is 11.3 Å². The zero-order chi connectivity index (χ0) is 20.2. The van der Waals surface area contributed by atoms with Gasteiger partial charge in [0.05, 0.1) is 12.2 Å². The van der Waals surface area contributed by atoms with Crippen LogP contribution in [0.2, 0.25) is 0 Å². The lowest BCUT2D eigenvalue weighted by molar-refractivity contribution is -0.122. The van der Waals surface area contributed by atoms with Crippen LogP contribution in [0.5, 0.6) is 0 Å². The number of aromatic nitrogens is 1. The van der Waals surface area contributed by atoms with Crippen molar-refractivity contribution in [3.8, 4) is 10.6 Å². The van der Waals surface area contributed by atoms with Gasteiger partial charge in [0, 0.05) is 17.8 Å². The molecule has 0 radical (unpaired) electrons. The maximum Gasteiger partial charge on any atom is 0.267 e. The summed E-state index contributed by atoms with van der Waals surface area (Å²) >= 11 is 1.36. The molecular weight excluding hydrogens is 384 g/mol. The van der Waals surface area contributed by atoms with Crippen molar-refractivity contribution in [3.05, 3.63) is 71.2 Å². The summed E-state index contributed by atoms with van der Waals surface area (Å²) in [5.74, 6) is -0.480. The Kier molecular flexibility index (Phi) is 5.69. The molecule has 7 heteroatoms. The van der Waals surface area contributed by atoms with Gasteiger partial charge >= 0.3 is 0 Å². The molecule has 0 bridgehead atoms. The Bertz CT molecular complexity index is 1020. The van der Waals surface area contributed by atoms with Gasteiger partial charge in [-0.05, 0) is 31.0 Å². The number of nitrogens with one attached hydrogen (secondary N) is 1. The highest BCUT2D eigenvalue weighted by Crippen LogP contribution is 2.27. The number of carbonyl (C=O) groups is 2. The summed E-state index contributed by atoms with van der Waals surface area (Å²) in [7, 11) is 0. The van der Waals surface area contributed by atoms with Crippen LogP contribution in [0.15, 0.2) is 60.8 Å². The first kappa shape index (κ1) is 19.3. The summed E-state index contributed by atoms with van der Waals surface area (Å²) in [6, 6.07) is 17.2. The van der Waals surface area contributed by atoms with E-state index in [9.17, 15) is 9.59 Å². The molecule has 1 saturated heterocycles. The van der Waals surface area contributed by atoms with Gasteiger partial charge in [-0.3, -0.25) is 14.5 Å². The molecule has 0 spiro atoms. The molecule has 2 aromatic carbocycles. The fourth-order valence-electron chi connectivity index (χ4n) is 3.61. The highest BCUT2D eigenvalue weighted by molar-refractivity contribution is 7.17. The van der Waals surface area contributed by atoms with Crippen molar-refractivity contribution in [3.63, 3.8) is 0 Å². The normalized spacial score (nSPS) is 16.6. The van der Waals surface area contributed by atoms with E-state index < -0.39 is 0 Å². The van der Waals surface area contributed by atoms with Gasteiger partial charge in [-0.25, -0.2) is 4.98 Å². The molecule has 1 aliphatic rings. The topological polar surface area (TPSA) is 88.3 Å². The fraction of sp³-hybridized carbons (Fsp3) is 0.227. The molecule has 6 nitrogen and oxygen atoms in total. The van der Waals surface area contributed by atoms with Gasteiger partial charge in [0.1, 0.15) is 9.88 Å². The molecule has 3 N–H and O–H groups in total. The molecule has 2 amide bonds. The highest BCUT2D eigenvalue weighted by Gasteiger charge is 2.29. The Morgan fingerprint density at radius 2 is 1.90 bits per heavy atom. The molecule has 148 valence electrons. The number of benzene rings is 2. The Morgan fingerprint density at radius 3 is 2.69 bits per heavy atom. The molecule has 1 unspecified atom stereocenters. The van der Waals surface area contributed by atoms with E-state index in [0.29, 0.717) is 11.4 Å². The van der Waals surface area contributed by atoms with Crippen molar-refractivity contribution >= 4 is 28.8 Å². The quantitative estimate of drug-likeness (QED) is 0.656. The number of carbonyl (C=O) groups excluding carboxylic acids is 2. The Labute approximate surface area is 173 Å². The van der Waals surface area contributed by atoms with Crippen LogP contribution in [0, 0.1) is 0 Å². The first-order valence-electron chi connectivity index (χ1n) is 9.55. The lowest BCUT2D eigenvalue weighted by Crippen LogP contribution is -2.39. The van der Waals surface area contributed by atoms with E-state index in [4.69, 9.17) is 5.73 Å². The summed E-state index contributed by atoms with van der Waals surface area (Å²) in [5.41, 5.74) is 8.22. The monoisotopic (exact) mass is 406 g/mol. The molecule has 2 heterocycles. The van der Waals surface area contributed by atoms with Gasteiger partial charge in [0.2, 0.25) is 5.91 Å². The van der Waals surface area contributed by atoms with Crippen LogP contribution in [0.4, 0.5) is 5.69 Å². The third-order valence-corrected chi connectivity index (χ3v) is 6.13. The maximum absolute atomic E-state index is 12.8. The first-order chi connectivity index (χ1) is 14.1. The van der Waals surface area contributed by atoms with Crippen LogP contribution < -0.4 is 11.1 Å². The number of amides is 2. The van der Waals surface area contributed by atoms with Crippen molar-refractivity contribution in [1.29, 1.82) is 0 Å². The minimum atomic E-state index is -0.290.